The smallest absolute Gasteiger partial charge is 0.409 e. The number of aryl methyl sites for hydroxylation is 3. The van der Waals surface area contributed by atoms with E-state index in [1.165, 1.54) is 16.0 Å². The Balaban J connectivity index is 1.60. The molecule has 6 nitrogen and oxygen atoms in total. The lowest BCUT2D eigenvalue weighted by molar-refractivity contribution is -0.0433. The van der Waals surface area contributed by atoms with E-state index < -0.39 is 17.9 Å². The predicted octanol–water partition coefficient (Wildman–Crippen LogP) is 5.61. The maximum Gasteiger partial charge on any atom is 0.409 e. The number of hydrogen-bond donors (Lipinski definition) is 1. The first kappa shape index (κ1) is 25.0. The summed E-state index contributed by atoms with van der Waals surface area (Å²) in [6.45, 7) is 10.4. The Bertz CT molecular complexity index is 987. The van der Waals surface area contributed by atoms with Crippen molar-refractivity contribution in [2.24, 2.45) is 12.5 Å². The summed E-state index contributed by atoms with van der Waals surface area (Å²) < 4.78 is 7.90. The number of rotatable bonds is 8. The molecule has 6 heteroatoms. The largest absolute Gasteiger partial charge is 0.465 e. The number of carbonyl (C=O) groups excluding carboxylic acids is 1. The number of hydrogen-bond acceptors (Lipinski definition) is 3. The Kier molecular flexibility index (Phi) is 7.37. The van der Waals surface area contributed by atoms with Crippen molar-refractivity contribution in [2.45, 2.75) is 78.5 Å². The number of carbonyl (C=O) groups is 2. The molecule has 1 aromatic carbocycles. The van der Waals surface area contributed by atoms with Crippen LogP contribution in [0.4, 0.5) is 4.79 Å². The highest BCUT2D eigenvalue weighted by Gasteiger charge is 2.50. The number of ketones is 1. The Morgan fingerprint density at radius 1 is 1.12 bits per heavy atom. The summed E-state index contributed by atoms with van der Waals surface area (Å²) in [5.41, 5.74) is 3.33. The van der Waals surface area contributed by atoms with Gasteiger partial charge in [0.2, 0.25) is 0 Å². The van der Waals surface area contributed by atoms with Gasteiger partial charge in [-0.3, -0.25) is 9.69 Å². The number of amides is 1. The monoisotopic (exact) mass is 454 g/mol. The van der Waals surface area contributed by atoms with Crippen LogP contribution in [0.3, 0.4) is 0 Å². The van der Waals surface area contributed by atoms with E-state index in [2.05, 4.69) is 31.2 Å². The van der Waals surface area contributed by atoms with Gasteiger partial charge in [0, 0.05) is 24.6 Å². The molecule has 3 rings (SSSR count). The van der Waals surface area contributed by atoms with E-state index in [0.717, 1.165) is 18.5 Å². The summed E-state index contributed by atoms with van der Waals surface area (Å²) in [4.78, 5) is 26.4. The van der Waals surface area contributed by atoms with Gasteiger partial charge in [-0.2, -0.15) is 0 Å². The first-order chi connectivity index (χ1) is 15.4. The highest BCUT2D eigenvalue weighted by Crippen LogP contribution is 2.39. The predicted molar refractivity (Wildman–Crippen MR) is 130 cm³/mol. The molecule has 0 bridgehead atoms. The summed E-state index contributed by atoms with van der Waals surface area (Å²) >= 11 is 0. The van der Waals surface area contributed by atoms with Gasteiger partial charge in [-0.25, -0.2) is 4.79 Å². The van der Waals surface area contributed by atoms with Crippen molar-refractivity contribution < 1.29 is 19.4 Å². The van der Waals surface area contributed by atoms with Gasteiger partial charge >= 0.3 is 6.09 Å². The molecule has 0 unspecified atom stereocenters. The van der Waals surface area contributed by atoms with Crippen LogP contribution in [0.1, 0.15) is 74.3 Å². The van der Waals surface area contributed by atoms with E-state index in [4.69, 9.17) is 4.74 Å². The van der Waals surface area contributed by atoms with Gasteiger partial charge in [0.1, 0.15) is 6.23 Å². The van der Waals surface area contributed by atoms with Gasteiger partial charge in [0.05, 0.1) is 17.8 Å². The SMILES string of the molecule is Cc1ccc(CCCC(=O)c2ccc(CC[C@]3(C)CO[C@H](C(C)(C)C)N3C(=O)O)n2C)cc1. The van der Waals surface area contributed by atoms with Crippen LogP contribution in [0.5, 0.6) is 0 Å². The normalized spacial score (nSPS) is 20.9. The molecule has 0 radical (unpaired) electrons. The molecule has 1 amide bonds. The zero-order valence-corrected chi connectivity index (χ0v) is 20.9. The summed E-state index contributed by atoms with van der Waals surface area (Å²) in [6.07, 6.45) is 2.10. The molecule has 0 aliphatic carbocycles. The quantitative estimate of drug-likeness (QED) is 0.526. The van der Waals surface area contributed by atoms with Gasteiger partial charge < -0.3 is 14.4 Å². The first-order valence-corrected chi connectivity index (χ1v) is 11.8. The molecule has 1 aromatic heterocycles. The van der Waals surface area contributed by atoms with E-state index in [1.807, 2.05) is 51.4 Å². The molecular formula is C27H38N2O4. The number of nitrogens with zero attached hydrogens (tertiary/aromatic N) is 2. The molecule has 1 aliphatic heterocycles. The minimum Gasteiger partial charge on any atom is -0.465 e. The van der Waals surface area contributed by atoms with Crippen LogP contribution in [-0.2, 0) is 24.6 Å². The van der Waals surface area contributed by atoms with Crippen LogP contribution in [0.15, 0.2) is 36.4 Å². The van der Waals surface area contributed by atoms with Crippen LogP contribution in [-0.4, -0.2) is 44.8 Å². The summed E-state index contributed by atoms with van der Waals surface area (Å²) in [5.74, 6) is 0.145. The fourth-order valence-corrected chi connectivity index (χ4v) is 4.66. The van der Waals surface area contributed by atoms with E-state index in [-0.39, 0.29) is 11.2 Å². The molecule has 0 saturated carbocycles. The zero-order chi connectivity index (χ0) is 24.4. The van der Waals surface area contributed by atoms with Crippen LogP contribution >= 0.6 is 0 Å². The highest BCUT2D eigenvalue weighted by molar-refractivity contribution is 5.94. The molecule has 2 heterocycles. The average molecular weight is 455 g/mol. The fraction of sp³-hybridized carbons (Fsp3) is 0.556. The van der Waals surface area contributed by atoms with Crippen molar-refractivity contribution in [1.82, 2.24) is 9.47 Å². The van der Waals surface area contributed by atoms with E-state index in [1.54, 1.807) is 0 Å². The Labute approximate surface area is 197 Å². The topological polar surface area (TPSA) is 71.8 Å². The summed E-state index contributed by atoms with van der Waals surface area (Å²) in [6, 6.07) is 12.3. The number of Topliss-reactive ketones (excluding diaryl/α,β-unsaturated/α-hetero) is 1. The van der Waals surface area contributed by atoms with Gasteiger partial charge in [-0.1, -0.05) is 50.6 Å². The number of aromatic nitrogens is 1. The minimum atomic E-state index is -0.953. The van der Waals surface area contributed by atoms with Gasteiger partial charge in [0.15, 0.2) is 5.78 Å². The van der Waals surface area contributed by atoms with Gasteiger partial charge in [0.25, 0.3) is 0 Å². The Morgan fingerprint density at radius 3 is 2.39 bits per heavy atom. The van der Waals surface area contributed by atoms with Crippen molar-refractivity contribution in [3.05, 3.63) is 58.9 Å². The van der Waals surface area contributed by atoms with Crippen LogP contribution in [0.25, 0.3) is 0 Å². The maximum absolute atomic E-state index is 12.8. The van der Waals surface area contributed by atoms with E-state index >= 15 is 0 Å². The van der Waals surface area contributed by atoms with Crippen LogP contribution in [0.2, 0.25) is 0 Å². The highest BCUT2D eigenvalue weighted by atomic mass is 16.5. The molecule has 1 saturated heterocycles. The number of ether oxygens (including phenoxy) is 1. The van der Waals surface area contributed by atoms with Crippen molar-refractivity contribution in [1.29, 1.82) is 0 Å². The molecule has 1 N–H and O–H groups in total. The molecular weight excluding hydrogens is 416 g/mol. The number of carboxylic acid groups (broad SMARTS) is 1. The van der Waals surface area contributed by atoms with Crippen molar-refractivity contribution in [3.63, 3.8) is 0 Å². The molecule has 33 heavy (non-hydrogen) atoms. The molecule has 180 valence electrons. The molecule has 2 atom stereocenters. The lowest BCUT2D eigenvalue weighted by Crippen LogP contribution is -2.53. The minimum absolute atomic E-state index is 0.145. The van der Waals surface area contributed by atoms with Gasteiger partial charge in [-0.15, -0.1) is 0 Å². The summed E-state index contributed by atoms with van der Waals surface area (Å²) in [5, 5.41) is 9.89. The van der Waals surface area contributed by atoms with Crippen LogP contribution in [0, 0.1) is 12.3 Å². The van der Waals surface area contributed by atoms with E-state index in [9.17, 15) is 14.7 Å². The second-order valence-corrected chi connectivity index (χ2v) is 10.7. The second-order valence-electron chi connectivity index (χ2n) is 10.7. The Hall–Kier alpha value is -2.60. The zero-order valence-electron chi connectivity index (χ0n) is 20.9. The molecule has 2 aromatic rings. The lowest BCUT2D eigenvalue weighted by atomic mass is 9.89. The van der Waals surface area contributed by atoms with Crippen LogP contribution < -0.4 is 0 Å². The van der Waals surface area contributed by atoms with Crippen molar-refractivity contribution >= 4 is 11.9 Å². The third kappa shape index (κ3) is 5.67. The molecule has 1 aliphatic rings. The van der Waals surface area contributed by atoms with Gasteiger partial charge in [-0.05, 0) is 57.2 Å². The summed E-state index contributed by atoms with van der Waals surface area (Å²) in [7, 11) is 1.92. The third-order valence-electron chi connectivity index (χ3n) is 6.74. The fourth-order valence-electron chi connectivity index (χ4n) is 4.66. The van der Waals surface area contributed by atoms with Crippen molar-refractivity contribution in [2.75, 3.05) is 6.61 Å². The number of benzene rings is 1. The van der Waals surface area contributed by atoms with E-state index in [0.29, 0.717) is 31.6 Å². The first-order valence-electron chi connectivity index (χ1n) is 11.8. The third-order valence-corrected chi connectivity index (χ3v) is 6.74. The molecule has 1 fully saturated rings. The Morgan fingerprint density at radius 2 is 1.79 bits per heavy atom. The second kappa shape index (κ2) is 9.72. The average Bonchev–Trinajstić information content (AvgIpc) is 3.28. The maximum atomic E-state index is 12.8. The van der Waals surface area contributed by atoms with Crippen molar-refractivity contribution in [3.8, 4) is 0 Å². The molecule has 0 spiro atoms. The standard InChI is InChI=1S/C27H38N2O4/c1-19-10-12-20(13-11-19)8-7-9-23(30)22-15-14-21(28(22)6)16-17-27(5)18-33-24(26(2,3)4)29(27)25(31)32/h10-15,24H,7-9,16-18H2,1-6H3,(H,31,32)/t24-,27-/m1/s1. The lowest BCUT2D eigenvalue weighted by Gasteiger charge is -2.38.